The number of nitrogens with zero attached hydrogens (tertiary/aromatic N) is 6. The number of ether oxygens (including phenoxy) is 1. The number of fused-ring (bicyclic) bond motifs is 2. The monoisotopic (exact) mass is 452 g/mol. The number of methoxy groups -OCH3 is 1. The van der Waals surface area contributed by atoms with Gasteiger partial charge in [0.2, 0.25) is 5.13 Å². The summed E-state index contributed by atoms with van der Waals surface area (Å²) in [5.41, 5.74) is 2.19. The molecule has 0 amide bonds. The number of phenols is 1. The molecule has 0 saturated heterocycles. The smallest absolute Gasteiger partial charge is 0.319 e. The highest BCUT2D eigenvalue weighted by Crippen LogP contribution is 2.59. The van der Waals surface area contributed by atoms with Crippen LogP contribution < -0.4 is 9.64 Å². The van der Waals surface area contributed by atoms with Gasteiger partial charge in [-0.25, -0.2) is 4.98 Å². The lowest BCUT2D eigenvalue weighted by Gasteiger charge is -2.43. The summed E-state index contributed by atoms with van der Waals surface area (Å²) < 4.78 is 5.06. The maximum Gasteiger partial charge on any atom is 0.319 e. The first-order valence-corrected chi connectivity index (χ1v) is 11.7. The Bertz CT molecular complexity index is 1140. The average Bonchev–Trinajstić information content (AvgIpc) is 3.34. The summed E-state index contributed by atoms with van der Waals surface area (Å²) in [7, 11) is 3.63. The fourth-order valence-electron chi connectivity index (χ4n) is 5.64. The molecule has 2 aromatic heterocycles. The molecule has 1 N–H and O–H groups in total. The molecule has 2 fully saturated rings. The van der Waals surface area contributed by atoms with Crippen molar-refractivity contribution in [2.24, 2.45) is 10.8 Å². The molecule has 1 aromatic carbocycles. The summed E-state index contributed by atoms with van der Waals surface area (Å²) >= 11 is 1.51. The van der Waals surface area contributed by atoms with Gasteiger partial charge in [0.25, 0.3) is 0 Å². The van der Waals surface area contributed by atoms with E-state index >= 15 is 0 Å². The van der Waals surface area contributed by atoms with Gasteiger partial charge in [0.1, 0.15) is 12.1 Å². The number of aromatic nitrogens is 5. The quantitative estimate of drug-likeness (QED) is 0.601. The van der Waals surface area contributed by atoms with Crippen LogP contribution in [0.15, 0.2) is 24.5 Å². The molecule has 3 aromatic rings. The Kier molecular flexibility index (Phi) is 5.03. The van der Waals surface area contributed by atoms with Crippen molar-refractivity contribution in [1.29, 1.82) is 0 Å². The van der Waals surface area contributed by atoms with Crippen LogP contribution in [0.3, 0.4) is 0 Å². The third-order valence-electron chi connectivity index (χ3n) is 7.12. The van der Waals surface area contributed by atoms with Gasteiger partial charge in [-0.2, -0.15) is 9.97 Å². The second-order valence-corrected chi connectivity index (χ2v) is 10.8. The van der Waals surface area contributed by atoms with E-state index in [2.05, 4.69) is 50.9 Å². The molecule has 2 aliphatic carbocycles. The van der Waals surface area contributed by atoms with Crippen molar-refractivity contribution in [2.75, 3.05) is 19.1 Å². The van der Waals surface area contributed by atoms with Crippen molar-refractivity contribution in [3.63, 3.8) is 0 Å². The highest BCUT2D eigenvalue weighted by atomic mass is 32.1. The van der Waals surface area contributed by atoms with Crippen LogP contribution in [-0.4, -0.2) is 50.5 Å². The van der Waals surface area contributed by atoms with Gasteiger partial charge in [0, 0.05) is 18.7 Å². The van der Waals surface area contributed by atoms with E-state index in [-0.39, 0.29) is 11.8 Å². The summed E-state index contributed by atoms with van der Waals surface area (Å²) in [6, 6.07) is 6.02. The largest absolute Gasteiger partial charge is 0.507 e. The molecule has 0 aliphatic heterocycles. The molecule has 8 nitrogen and oxygen atoms in total. The van der Waals surface area contributed by atoms with E-state index in [1.165, 1.54) is 56.9 Å². The fraction of sp³-hybridized carbons (Fsp3) is 0.522. The molecule has 9 heteroatoms. The van der Waals surface area contributed by atoms with Gasteiger partial charge in [-0.05, 0) is 55.1 Å². The summed E-state index contributed by atoms with van der Waals surface area (Å²) in [5.74, 6) is 0.549. The molecule has 5 rings (SSSR count). The maximum absolute atomic E-state index is 10.7. The van der Waals surface area contributed by atoms with Crippen molar-refractivity contribution in [3.8, 4) is 33.7 Å². The third kappa shape index (κ3) is 3.79. The molecule has 0 unspecified atom stereocenters. The predicted octanol–water partition coefficient (Wildman–Crippen LogP) is 4.57. The highest BCUT2D eigenvalue weighted by molar-refractivity contribution is 7.18. The molecule has 2 aliphatic rings. The number of phenolic OH excluding ortho intramolecular Hbond substituents is 1. The molecule has 0 spiro atoms. The van der Waals surface area contributed by atoms with E-state index in [0.717, 1.165) is 5.13 Å². The Balaban J connectivity index is 1.37. The van der Waals surface area contributed by atoms with Gasteiger partial charge in [-0.15, -0.1) is 10.2 Å². The topological polar surface area (TPSA) is 97.2 Å². The van der Waals surface area contributed by atoms with E-state index in [4.69, 9.17) is 4.74 Å². The zero-order valence-corrected chi connectivity index (χ0v) is 19.7. The number of benzene rings is 1. The Morgan fingerprint density at radius 1 is 1.12 bits per heavy atom. The zero-order chi connectivity index (χ0) is 22.5. The molecule has 2 saturated carbocycles. The first-order chi connectivity index (χ1) is 15.3. The van der Waals surface area contributed by atoms with Crippen molar-refractivity contribution in [2.45, 2.75) is 52.0 Å². The van der Waals surface area contributed by atoms with Crippen molar-refractivity contribution >= 4 is 16.5 Å². The number of aromatic hydroxyl groups is 1. The van der Waals surface area contributed by atoms with Crippen molar-refractivity contribution in [3.05, 3.63) is 24.5 Å². The minimum absolute atomic E-state index is 0.114. The summed E-state index contributed by atoms with van der Waals surface area (Å²) in [5, 5.41) is 21.1. The van der Waals surface area contributed by atoms with Crippen LogP contribution in [0, 0.1) is 10.8 Å². The lowest BCUT2D eigenvalue weighted by molar-refractivity contribution is 0.148. The van der Waals surface area contributed by atoms with Crippen LogP contribution >= 0.6 is 11.3 Å². The lowest BCUT2D eigenvalue weighted by atomic mass is 9.68. The van der Waals surface area contributed by atoms with E-state index < -0.39 is 0 Å². The minimum atomic E-state index is 0.114. The molecular formula is C23H28N6O2S. The van der Waals surface area contributed by atoms with Gasteiger partial charge >= 0.3 is 6.01 Å². The Hall–Kier alpha value is -2.81. The molecular weight excluding hydrogens is 424 g/mol. The minimum Gasteiger partial charge on any atom is -0.507 e. The third-order valence-corrected chi connectivity index (χ3v) is 8.17. The van der Waals surface area contributed by atoms with Gasteiger partial charge in [0.15, 0.2) is 10.8 Å². The van der Waals surface area contributed by atoms with Crippen molar-refractivity contribution < 1.29 is 9.84 Å². The predicted molar refractivity (Wildman–Crippen MR) is 124 cm³/mol. The van der Waals surface area contributed by atoms with E-state index in [1.54, 1.807) is 6.07 Å². The van der Waals surface area contributed by atoms with Crippen LogP contribution in [0.1, 0.15) is 46.0 Å². The van der Waals surface area contributed by atoms with Crippen molar-refractivity contribution in [1.82, 2.24) is 25.1 Å². The Morgan fingerprint density at radius 2 is 1.88 bits per heavy atom. The highest BCUT2D eigenvalue weighted by Gasteiger charge is 2.50. The zero-order valence-electron chi connectivity index (χ0n) is 18.9. The van der Waals surface area contributed by atoms with Crippen LogP contribution in [-0.2, 0) is 0 Å². The van der Waals surface area contributed by atoms with Crippen LogP contribution in [0.2, 0.25) is 0 Å². The first-order valence-electron chi connectivity index (χ1n) is 10.9. The summed E-state index contributed by atoms with van der Waals surface area (Å²) in [4.78, 5) is 14.6. The van der Waals surface area contributed by atoms with Gasteiger partial charge in [-0.3, -0.25) is 0 Å². The normalized spacial score (nSPS) is 26.8. The standard InChI is InChI=1S/C23H28N6O2S/c1-22-7-8-23(2,12-22)11-15(10-22)29(3)21-28-27-19(32-21)16-6-5-14(9-17(16)30)18-24-13-25-20(26-18)31-4/h5-6,9,13,15,30H,7-8,10-12H2,1-4H3/t15-,22-,23+. The molecule has 0 radical (unpaired) electrons. The lowest BCUT2D eigenvalue weighted by Crippen LogP contribution is -2.42. The van der Waals surface area contributed by atoms with E-state index in [9.17, 15) is 5.11 Å². The van der Waals surface area contributed by atoms with Crippen LogP contribution in [0.5, 0.6) is 11.8 Å². The summed E-state index contributed by atoms with van der Waals surface area (Å²) in [6.45, 7) is 4.87. The van der Waals surface area contributed by atoms with Crippen LogP contribution in [0.25, 0.3) is 22.0 Å². The molecule has 3 atom stereocenters. The molecule has 168 valence electrons. The van der Waals surface area contributed by atoms with Gasteiger partial charge in [0.05, 0.1) is 12.7 Å². The van der Waals surface area contributed by atoms with Gasteiger partial charge in [-0.1, -0.05) is 31.3 Å². The van der Waals surface area contributed by atoms with Crippen LogP contribution in [0.4, 0.5) is 5.13 Å². The van der Waals surface area contributed by atoms with E-state index in [1.807, 2.05) is 12.1 Å². The average molecular weight is 453 g/mol. The molecule has 32 heavy (non-hydrogen) atoms. The number of hydrogen-bond acceptors (Lipinski definition) is 9. The fourth-order valence-corrected chi connectivity index (χ4v) is 6.55. The number of anilines is 1. The molecule has 2 bridgehead atoms. The number of rotatable bonds is 5. The Morgan fingerprint density at radius 3 is 2.56 bits per heavy atom. The van der Waals surface area contributed by atoms with Gasteiger partial charge < -0.3 is 14.7 Å². The maximum atomic E-state index is 10.7. The second kappa shape index (κ2) is 7.65. The first kappa shape index (κ1) is 21.1. The SMILES string of the molecule is COc1ncnc(-c2ccc(-c3nnc(N(C)[C@H]4C[C@]5(C)CC[C@](C)(C4)C5)s3)c(O)c2)n1. The Labute approximate surface area is 191 Å². The van der Waals surface area contributed by atoms with E-state index in [0.29, 0.717) is 38.8 Å². The number of hydrogen-bond donors (Lipinski definition) is 1. The second-order valence-electron chi connectivity index (χ2n) is 9.89. The summed E-state index contributed by atoms with van der Waals surface area (Å²) in [6.07, 6.45) is 7.76. The molecule has 2 heterocycles.